The predicted octanol–water partition coefficient (Wildman–Crippen LogP) is 1.89. The Morgan fingerprint density at radius 2 is 2.29 bits per heavy atom. The van der Waals surface area contributed by atoms with Crippen molar-refractivity contribution in [3.63, 3.8) is 0 Å². The van der Waals surface area contributed by atoms with Gasteiger partial charge in [-0.3, -0.25) is 14.5 Å². The van der Waals surface area contributed by atoms with E-state index < -0.39 is 11.4 Å². The van der Waals surface area contributed by atoms with Crippen LogP contribution in [-0.2, 0) is 16.1 Å². The number of thiophene rings is 1. The number of amides is 1. The first-order chi connectivity index (χ1) is 9.97. The van der Waals surface area contributed by atoms with Crippen molar-refractivity contribution in [3.05, 3.63) is 22.4 Å². The number of carbonyl (C=O) groups is 2. The molecule has 1 unspecified atom stereocenters. The van der Waals surface area contributed by atoms with E-state index in [4.69, 9.17) is 0 Å². The zero-order valence-electron chi connectivity index (χ0n) is 12.5. The van der Waals surface area contributed by atoms with Crippen LogP contribution in [0.1, 0.15) is 25.3 Å². The number of rotatable bonds is 6. The van der Waals surface area contributed by atoms with Crippen molar-refractivity contribution >= 4 is 23.2 Å². The molecule has 6 heteroatoms. The number of carbonyl (C=O) groups excluding carboxylic acids is 1. The molecule has 0 aliphatic carbocycles. The van der Waals surface area contributed by atoms with Crippen LogP contribution in [0.2, 0.25) is 0 Å². The number of aliphatic carboxylic acids is 1. The number of likely N-dealkylation sites (tertiary alicyclic amines) is 1. The van der Waals surface area contributed by atoms with Crippen LogP contribution in [0.3, 0.4) is 0 Å². The molecule has 1 aliphatic rings. The highest BCUT2D eigenvalue weighted by Crippen LogP contribution is 2.34. The monoisotopic (exact) mass is 310 g/mol. The third kappa shape index (κ3) is 3.63. The number of likely N-dealkylation sites (N-methyl/N-ethyl adjacent to an activating group) is 1. The molecule has 116 valence electrons. The molecule has 21 heavy (non-hydrogen) atoms. The van der Waals surface area contributed by atoms with Crippen LogP contribution in [0, 0.1) is 5.41 Å². The van der Waals surface area contributed by atoms with Crippen molar-refractivity contribution in [2.75, 3.05) is 26.7 Å². The van der Waals surface area contributed by atoms with Crippen molar-refractivity contribution in [1.29, 1.82) is 0 Å². The van der Waals surface area contributed by atoms with Gasteiger partial charge in [0.05, 0.1) is 12.0 Å². The van der Waals surface area contributed by atoms with Gasteiger partial charge in [0, 0.05) is 20.1 Å². The van der Waals surface area contributed by atoms with E-state index in [1.54, 1.807) is 23.3 Å². The molecule has 2 heterocycles. The minimum Gasteiger partial charge on any atom is -0.481 e. The summed E-state index contributed by atoms with van der Waals surface area (Å²) < 4.78 is 0. The molecule has 1 saturated heterocycles. The Balaban J connectivity index is 1.87. The van der Waals surface area contributed by atoms with Crippen molar-refractivity contribution in [2.24, 2.45) is 5.41 Å². The summed E-state index contributed by atoms with van der Waals surface area (Å²) in [7, 11) is 1.79. The smallest absolute Gasteiger partial charge is 0.310 e. The molecule has 0 bridgehead atoms. The van der Waals surface area contributed by atoms with Gasteiger partial charge in [0.25, 0.3) is 0 Å². The normalized spacial score (nSPS) is 22.4. The molecule has 1 amide bonds. The summed E-state index contributed by atoms with van der Waals surface area (Å²) in [6.45, 7) is 3.96. The fourth-order valence-electron chi connectivity index (χ4n) is 2.76. The lowest BCUT2D eigenvalue weighted by Crippen LogP contribution is -2.39. The minimum absolute atomic E-state index is 0.0403. The number of hydrogen-bond acceptors (Lipinski definition) is 4. The Hall–Kier alpha value is -1.40. The molecule has 1 fully saturated rings. The highest BCUT2D eigenvalue weighted by molar-refractivity contribution is 7.07. The molecule has 1 N–H and O–H groups in total. The molecule has 0 aromatic carbocycles. The first-order valence-electron chi connectivity index (χ1n) is 7.17. The first kappa shape index (κ1) is 16.0. The average molecular weight is 310 g/mol. The van der Waals surface area contributed by atoms with Gasteiger partial charge >= 0.3 is 5.97 Å². The fraction of sp³-hybridized carbons (Fsp3) is 0.600. The number of nitrogens with zero attached hydrogens (tertiary/aromatic N) is 2. The van der Waals surface area contributed by atoms with Crippen molar-refractivity contribution in [3.8, 4) is 0 Å². The third-order valence-corrected chi connectivity index (χ3v) is 5.08. The van der Waals surface area contributed by atoms with E-state index >= 15 is 0 Å². The molecule has 1 atom stereocenters. The van der Waals surface area contributed by atoms with Gasteiger partial charge in [0.15, 0.2) is 0 Å². The Labute approximate surface area is 129 Å². The second kappa shape index (κ2) is 6.58. The largest absolute Gasteiger partial charge is 0.481 e. The molecular formula is C15H22N2O3S. The van der Waals surface area contributed by atoms with Gasteiger partial charge < -0.3 is 10.0 Å². The lowest BCUT2D eigenvalue weighted by Gasteiger charge is -2.24. The topological polar surface area (TPSA) is 60.9 Å². The van der Waals surface area contributed by atoms with Gasteiger partial charge in [-0.2, -0.15) is 11.3 Å². The van der Waals surface area contributed by atoms with E-state index in [2.05, 4.69) is 0 Å². The number of carboxylic acids is 1. The molecule has 0 radical (unpaired) electrons. The summed E-state index contributed by atoms with van der Waals surface area (Å²) in [4.78, 5) is 27.3. The summed E-state index contributed by atoms with van der Waals surface area (Å²) in [6, 6.07) is 2.01. The Morgan fingerprint density at radius 3 is 2.81 bits per heavy atom. The molecule has 1 aromatic rings. The third-order valence-electron chi connectivity index (χ3n) is 4.35. The van der Waals surface area contributed by atoms with Gasteiger partial charge in [0.1, 0.15) is 0 Å². The van der Waals surface area contributed by atoms with Crippen LogP contribution in [0.25, 0.3) is 0 Å². The van der Waals surface area contributed by atoms with Crippen LogP contribution in [-0.4, -0.2) is 53.5 Å². The van der Waals surface area contributed by atoms with Crippen molar-refractivity contribution in [2.45, 2.75) is 26.3 Å². The molecule has 1 aromatic heterocycles. The number of carboxylic acid groups (broad SMARTS) is 1. The average Bonchev–Trinajstić information content (AvgIpc) is 3.08. The van der Waals surface area contributed by atoms with Crippen molar-refractivity contribution < 1.29 is 14.7 Å². The summed E-state index contributed by atoms with van der Waals surface area (Å²) in [5.74, 6) is -0.704. The van der Waals surface area contributed by atoms with Crippen LogP contribution >= 0.6 is 11.3 Å². The Bertz CT molecular complexity index is 503. The van der Waals surface area contributed by atoms with Gasteiger partial charge in [-0.05, 0) is 41.8 Å². The quantitative estimate of drug-likeness (QED) is 0.872. The SMILES string of the molecule is CCC1(C(=O)O)CCN(CC(=O)N(C)Cc2ccsc2)C1. The highest BCUT2D eigenvalue weighted by Gasteiger charge is 2.43. The predicted molar refractivity (Wildman–Crippen MR) is 82.2 cm³/mol. The van der Waals surface area contributed by atoms with Crippen LogP contribution in [0.15, 0.2) is 16.8 Å². The van der Waals surface area contributed by atoms with Gasteiger partial charge in [-0.15, -0.1) is 0 Å². The molecule has 2 rings (SSSR count). The summed E-state index contributed by atoms with van der Waals surface area (Å²) in [5, 5.41) is 13.4. The van der Waals surface area contributed by atoms with E-state index in [-0.39, 0.29) is 5.91 Å². The van der Waals surface area contributed by atoms with E-state index in [0.29, 0.717) is 39.0 Å². The summed E-state index contributed by atoms with van der Waals surface area (Å²) in [5.41, 5.74) is 0.456. The summed E-state index contributed by atoms with van der Waals surface area (Å²) in [6.07, 6.45) is 1.23. The minimum atomic E-state index is -0.744. The second-order valence-corrected chi connectivity index (χ2v) is 6.56. The van der Waals surface area contributed by atoms with Gasteiger partial charge in [0.2, 0.25) is 5.91 Å². The van der Waals surface area contributed by atoms with Crippen LogP contribution in [0.4, 0.5) is 0 Å². The Morgan fingerprint density at radius 1 is 1.52 bits per heavy atom. The maximum Gasteiger partial charge on any atom is 0.310 e. The fourth-order valence-corrected chi connectivity index (χ4v) is 3.42. The van der Waals surface area contributed by atoms with Crippen molar-refractivity contribution in [1.82, 2.24) is 9.80 Å². The van der Waals surface area contributed by atoms with Crippen LogP contribution < -0.4 is 0 Å². The second-order valence-electron chi connectivity index (χ2n) is 5.78. The maximum absolute atomic E-state index is 12.2. The molecule has 0 saturated carbocycles. The summed E-state index contributed by atoms with van der Waals surface area (Å²) >= 11 is 1.62. The van der Waals surface area contributed by atoms with E-state index in [0.717, 1.165) is 5.56 Å². The lowest BCUT2D eigenvalue weighted by molar-refractivity contribution is -0.148. The number of hydrogen-bond donors (Lipinski definition) is 1. The molecule has 1 aliphatic heterocycles. The Kier molecular flexibility index (Phi) is 5.00. The van der Waals surface area contributed by atoms with E-state index in [1.165, 1.54) is 0 Å². The first-order valence-corrected chi connectivity index (χ1v) is 8.12. The van der Waals surface area contributed by atoms with Gasteiger partial charge in [-0.1, -0.05) is 6.92 Å². The zero-order chi connectivity index (χ0) is 15.5. The van der Waals surface area contributed by atoms with E-state index in [9.17, 15) is 14.7 Å². The molecular weight excluding hydrogens is 288 g/mol. The molecule has 0 spiro atoms. The highest BCUT2D eigenvalue weighted by atomic mass is 32.1. The van der Waals surface area contributed by atoms with Crippen LogP contribution in [0.5, 0.6) is 0 Å². The standard InChI is InChI=1S/C15H22N2O3S/c1-3-15(14(19)20)5-6-17(11-15)9-13(18)16(2)8-12-4-7-21-10-12/h4,7,10H,3,5-6,8-9,11H2,1-2H3,(H,19,20). The van der Waals surface area contributed by atoms with E-state index in [1.807, 2.05) is 28.7 Å². The zero-order valence-corrected chi connectivity index (χ0v) is 13.4. The maximum atomic E-state index is 12.2. The molecule has 5 nitrogen and oxygen atoms in total. The van der Waals surface area contributed by atoms with Gasteiger partial charge in [-0.25, -0.2) is 0 Å². The lowest BCUT2D eigenvalue weighted by atomic mass is 9.84.